The highest BCUT2D eigenvalue weighted by atomic mass is 32.1. The molecule has 0 aliphatic heterocycles. The minimum Gasteiger partial charge on any atom is -0.380 e. The number of aliphatic hydroxyl groups is 1. The van der Waals surface area contributed by atoms with E-state index in [-0.39, 0.29) is 0 Å². The van der Waals surface area contributed by atoms with Crippen LogP contribution >= 0.6 is 11.3 Å². The number of rotatable bonds is 4. The van der Waals surface area contributed by atoms with Gasteiger partial charge in [0, 0.05) is 4.88 Å². The van der Waals surface area contributed by atoms with Gasteiger partial charge in [0.1, 0.15) is 5.60 Å². The molecule has 1 heterocycles. The van der Waals surface area contributed by atoms with Crippen molar-refractivity contribution in [2.75, 3.05) is 0 Å². The van der Waals surface area contributed by atoms with Crippen LogP contribution in [0.1, 0.15) is 35.8 Å². The van der Waals surface area contributed by atoms with E-state index in [9.17, 15) is 5.11 Å². The molecule has 90 valence electrons. The highest BCUT2D eigenvalue weighted by Gasteiger charge is 2.32. The summed E-state index contributed by atoms with van der Waals surface area (Å²) in [5, 5.41) is 13.1. The van der Waals surface area contributed by atoms with E-state index in [1.807, 2.05) is 35.7 Å². The topological polar surface area (TPSA) is 20.2 Å². The Morgan fingerprint density at radius 3 is 2.41 bits per heavy atom. The van der Waals surface area contributed by atoms with Gasteiger partial charge in [-0.2, -0.15) is 0 Å². The van der Waals surface area contributed by atoms with E-state index in [4.69, 9.17) is 0 Å². The van der Waals surface area contributed by atoms with Gasteiger partial charge in [-0.1, -0.05) is 43.7 Å². The fraction of sp³-hybridized carbons (Fsp3) is 0.333. The summed E-state index contributed by atoms with van der Waals surface area (Å²) in [5.74, 6) is 0. The molecule has 0 aliphatic carbocycles. The monoisotopic (exact) mass is 246 g/mol. The summed E-state index contributed by atoms with van der Waals surface area (Å²) in [4.78, 5) is 1.07. The third-order valence-corrected chi connectivity index (χ3v) is 4.27. The second-order valence-electron chi connectivity index (χ2n) is 4.41. The average Bonchev–Trinajstić information content (AvgIpc) is 2.77. The molecular formula is C15H18OS. The molecule has 1 aromatic heterocycles. The van der Waals surface area contributed by atoms with E-state index in [0.717, 1.165) is 23.3 Å². The predicted molar refractivity (Wildman–Crippen MR) is 73.4 cm³/mol. The number of aryl methyl sites for hydroxylation is 1. The summed E-state index contributed by atoms with van der Waals surface area (Å²) >= 11 is 1.64. The van der Waals surface area contributed by atoms with Gasteiger partial charge >= 0.3 is 0 Å². The van der Waals surface area contributed by atoms with E-state index in [1.165, 1.54) is 5.56 Å². The van der Waals surface area contributed by atoms with Crippen molar-refractivity contribution in [1.82, 2.24) is 0 Å². The Labute approximate surface area is 107 Å². The van der Waals surface area contributed by atoms with Crippen molar-refractivity contribution in [3.05, 3.63) is 57.8 Å². The van der Waals surface area contributed by atoms with Crippen LogP contribution in [0.2, 0.25) is 0 Å². The molecule has 0 saturated heterocycles. The molecule has 2 aromatic rings. The molecule has 0 bridgehead atoms. The molecule has 0 radical (unpaired) electrons. The van der Waals surface area contributed by atoms with Crippen LogP contribution in [0.15, 0.2) is 41.8 Å². The Hall–Kier alpha value is -1.12. The molecular weight excluding hydrogens is 228 g/mol. The number of benzene rings is 1. The lowest BCUT2D eigenvalue weighted by molar-refractivity contribution is 0.0734. The highest BCUT2D eigenvalue weighted by molar-refractivity contribution is 7.10. The molecule has 0 fully saturated rings. The van der Waals surface area contributed by atoms with Crippen LogP contribution in [-0.2, 0) is 5.60 Å². The van der Waals surface area contributed by atoms with Crippen LogP contribution in [0, 0.1) is 6.92 Å². The minimum absolute atomic E-state index is 0.762. The summed E-state index contributed by atoms with van der Waals surface area (Å²) in [5.41, 5.74) is 1.34. The molecule has 0 amide bonds. The van der Waals surface area contributed by atoms with Crippen molar-refractivity contribution in [3.8, 4) is 0 Å². The molecule has 1 N–H and O–H groups in total. The summed E-state index contributed by atoms with van der Waals surface area (Å²) < 4.78 is 0. The van der Waals surface area contributed by atoms with E-state index < -0.39 is 5.60 Å². The highest BCUT2D eigenvalue weighted by Crippen LogP contribution is 2.38. The lowest BCUT2D eigenvalue weighted by Gasteiger charge is -2.28. The lowest BCUT2D eigenvalue weighted by atomic mass is 9.86. The fourth-order valence-corrected chi connectivity index (χ4v) is 3.34. The third kappa shape index (κ3) is 2.28. The largest absolute Gasteiger partial charge is 0.380 e. The molecule has 0 aliphatic rings. The van der Waals surface area contributed by atoms with Gasteiger partial charge in [-0.05, 0) is 35.9 Å². The SMILES string of the molecule is CCCC(O)(c1ccccc1)c1sccc1C. The van der Waals surface area contributed by atoms with Gasteiger partial charge in [-0.3, -0.25) is 0 Å². The van der Waals surface area contributed by atoms with Crippen LogP contribution in [0.3, 0.4) is 0 Å². The summed E-state index contributed by atoms with van der Waals surface area (Å²) in [6.45, 7) is 4.17. The fourth-order valence-electron chi connectivity index (χ4n) is 2.26. The molecule has 1 atom stereocenters. The van der Waals surface area contributed by atoms with Crippen molar-refractivity contribution in [2.24, 2.45) is 0 Å². The van der Waals surface area contributed by atoms with E-state index in [1.54, 1.807) is 11.3 Å². The van der Waals surface area contributed by atoms with E-state index in [0.29, 0.717) is 0 Å². The standard InChI is InChI=1S/C15H18OS/c1-3-10-15(16,13-7-5-4-6-8-13)14-12(2)9-11-17-14/h4-9,11,16H,3,10H2,1-2H3. The Kier molecular flexibility index (Phi) is 3.65. The molecule has 0 spiro atoms. The van der Waals surface area contributed by atoms with Crippen LogP contribution in [-0.4, -0.2) is 5.11 Å². The summed E-state index contributed by atoms with van der Waals surface area (Å²) in [7, 11) is 0. The molecule has 1 unspecified atom stereocenters. The van der Waals surface area contributed by atoms with Crippen molar-refractivity contribution in [3.63, 3.8) is 0 Å². The zero-order valence-electron chi connectivity index (χ0n) is 10.3. The smallest absolute Gasteiger partial charge is 0.124 e. The van der Waals surface area contributed by atoms with Gasteiger partial charge in [-0.25, -0.2) is 0 Å². The maximum atomic E-state index is 11.0. The molecule has 0 saturated carbocycles. The quantitative estimate of drug-likeness (QED) is 0.861. The van der Waals surface area contributed by atoms with Gasteiger partial charge in [0.25, 0.3) is 0 Å². The first-order valence-electron chi connectivity index (χ1n) is 6.01. The Morgan fingerprint density at radius 1 is 1.18 bits per heavy atom. The van der Waals surface area contributed by atoms with Crippen molar-refractivity contribution < 1.29 is 5.11 Å². The van der Waals surface area contributed by atoms with Gasteiger partial charge in [-0.15, -0.1) is 11.3 Å². The second kappa shape index (κ2) is 5.03. The maximum absolute atomic E-state index is 11.0. The second-order valence-corrected chi connectivity index (χ2v) is 5.33. The van der Waals surface area contributed by atoms with Crippen molar-refractivity contribution in [1.29, 1.82) is 0 Å². The average molecular weight is 246 g/mol. The zero-order chi connectivity index (χ0) is 12.3. The van der Waals surface area contributed by atoms with Crippen LogP contribution in [0.25, 0.3) is 0 Å². The first kappa shape index (κ1) is 12.3. The van der Waals surface area contributed by atoms with E-state index >= 15 is 0 Å². The van der Waals surface area contributed by atoms with Gasteiger partial charge in [0.2, 0.25) is 0 Å². The maximum Gasteiger partial charge on any atom is 0.124 e. The Balaban J connectivity index is 2.50. The van der Waals surface area contributed by atoms with Crippen LogP contribution < -0.4 is 0 Å². The zero-order valence-corrected chi connectivity index (χ0v) is 11.1. The first-order chi connectivity index (χ1) is 8.18. The Bertz CT molecular complexity index is 475. The minimum atomic E-state index is -0.825. The predicted octanol–water partition coefficient (Wildman–Crippen LogP) is 4.09. The normalized spacial score (nSPS) is 14.5. The summed E-state index contributed by atoms with van der Waals surface area (Å²) in [6.07, 6.45) is 1.72. The molecule has 2 heteroatoms. The van der Waals surface area contributed by atoms with Gasteiger partial charge in [0.15, 0.2) is 0 Å². The van der Waals surface area contributed by atoms with Crippen LogP contribution in [0.4, 0.5) is 0 Å². The Morgan fingerprint density at radius 2 is 1.88 bits per heavy atom. The van der Waals surface area contributed by atoms with Gasteiger partial charge < -0.3 is 5.11 Å². The molecule has 1 aromatic carbocycles. The van der Waals surface area contributed by atoms with Crippen molar-refractivity contribution >= 4 is 11.3 Å². The van der Waals surface area contributed by atoms with Gasteiger partial charge in [0.05, 0.1) is 0 Å². The molecule has 1 nitrogen and oxygen atoms in total. The number of hydrogen-bond acceptors (Lipinski definition) is 2. The molecule has 17 heavy (non-hydrogen) atoms. The first-order valence-corrected chi connectivity index (χ1v) is 6.89. The summed E-state index contributed by atoms with van der Waals surface area (Å²) in [6, 6.07) is 12.0. The molecule has 2 rings (SSSR count). The van der Waals surface area contributed by atoms with E-state index in [2.05, 4.69) is 19.9 Å². The van der Waals surface area contributed by atoms with Crippen molar-refractivity contribution in [2.45, 2.75) is 32.3 Å². The van der Waals surface area contributed by atoms with Crippen LogP contribution in [0.5, 0.6) is 0 Å². The third-order valence-electron chi connectivity index (χ3n) is 3.10. The number of hydrogen-bond donors (Lipinski definition) is 1. The number of thiophene rings is 1. The lowest BCUT2D eigenvalue weighted by Crippen LogP contribution is -2.26.